The number of carbonyl (C=O) groups excluding carboxylic acids is 1. The highest BCUT2D eigenvalue weighted by Crippen LogP contribution is 2.26. The van der Waals surface area contributed by atoms with E-state index in [-0.39, 0.29) is 5.91 Å². The summed E-state index contributed by atoms with van der Waals surface area (Å²) in [4.78, 5) is 28.5. The monoisotopic (exact) mass is 555 g/mol. The van der Waals surface area contributed by atoms with Gasteiger partial charge in [-0.1, -0.05) is 19.4 Å². The summed E-state index contributed by atoms with van der Waals surface area (Å²) >= 11 is 0. The largest absolute Gasteiger partial charge is 0.379 e. The van der Waals surface area contributed by atoms with E-state index >= 15 is 0 Å². The summed E-state index contributed by atoms with van der Waals surface area (Å²) in [6.07, 6.45) is 9.59. The van der Waals surface area contributed by atoms with E-state index in [4.69, 9.17) is 4.74 Å². The molecule has 1 fully saturated rings. The molecule has 4 aromatic rings. The number of hydrogen-bond acceptors (Lipinski definition) is 9. The summed E-state index contributed by atoms with van der Waals surface area (Å²) in [6.45, 7) is 9.32. The van der Waals surface area contributed by atoms with Crippen LogP contribution in [0.5, 0.6) is 0 Å². The lowest BCUT2D eigenvalue weighted by atomic mass is 10.0. The molecule has 0 atom stereocenters. The molecule has 1 amide bonds. The van der Waals surface area contributed by atoms with Gasteiger partial charge in [-0.25, -0.2) is 9.97 Å². The molecule has 1 aliphatic heterocycles. The molecule has 1 aliphatic rings. The van der Waals surface area contributed by atoms with Crippen molar-refractivity contribution in [2.24, 2.45) is 0 Å². The van der Waals surface area contributed by atoms with Crippen LogP contribution >= 0.6 is 0 Å². The molecule has 41 heavy (non-hydrogen) atoms. The lowest BCUT2D eigenvalue weighted by Crippen LogP contribution is -2.39. The van der Waals surface area contributed by atoms with E-state index < -0.39 is 0 Å². The second kappa shape index (κ2) is 13.8. The number of amides is 1. The van der Waals surface area contributed by atoms with Crippen LogP contribution in [0.1, 0.15) is 41.3 Å². The topological polar surface area (TPSA) is 122 Å². The second-order valence-electron chi connectivity index (χ2n) is 10.0. The van der Waals surface area contributed by atoms with Crippen LogP contribution in [0.25, 0.3) is 5.82 Å². The first-order valence-corrected chi connectivity index (χ1v) is 14.1. The van der Waals surface area contributed by atoms with Gasteiger partial charge in [0.1, 0.15) is 18.0 Å². The van der Waals surface area contributed by atoms with Gasteiger partial charge in [0.05, 0.1) is 19.4 Å². The predicted octanol–water partition coefficient (Wildman–Crippen LogP) is 4.45. The van der Waals surface area contributed by atoms with Crippen LogP contribution in [0.15, 0.2) is 61.3 Å². The van der Waals surface area contributed by atoms with Gasteiger partial charge < -0.3 is 20.7 Å². The maximum atomic E-state index is 13.1. The summed E-state index contributed by atoms with van der Waals surface area (Å²) in [5.41, 5.74) is 4.18. The zero-order valence-corrected chi connectivity index (χ0v) is 23.6. The van der Waals surface area contributed by atoms with Gasteiger partial charge in [0, 0.05) is 67.6 Å². The molecule has 0 bridgehead atoms. The Kier molecular flexibility index (Phi) is 9.50. The maximum absolute atomic E-state index is 13.1. The van der Waals surface area contributed by atoms with Crippen molar-refractivity contribution in [3.63, 3.8) is 0 Å². The van der Waals surface area contributed by atoms with Gasteiger partial charge >= 0.3 is 0 Å². The van der Waals surface area contributed by atoms with E-state index in [1.165, 1.54) is 6.33 Å². The van der Waals surface area contributed by atoms with E-state index in [1.807, 2.05) is 37.3 Å². The summed E-state index contributed by atoms with van der Waals surface area (Å²) in [5, 5.41) is 14.4. The smallest absolute Gasteiger partial charge is 0.256 e. The summed E-state index contributed by atoms with van der Waals surface area (Å²) in [5.74, 6) is 1.97. The molecule has 3 N–H and O–H groups in total. The number of morpholine rings is 1. The van der Waals surface area contributed by atoms with Gasteiger partial charge in [0.2, 0.25) is 0 Å². The number of benzene rings is 1. The molecule has 11 nitrogen and oxygen atoms in total. The van der Waals surface area contributed by atoms with Crippen LogP contribution in [-0.4, -0.2) is 74.9 Å². The van der Waals surface area contributed by atoms with Crippen LogP contribution in [-0.2, 0) is 11.2 Å². The number of carbonyl (C=O) groups is 1. The molecule has 0 unspecified atom stereocenters. The van der Waals surface area contributed by atoms with Crippen molar-refractivity contribution in [1.82, 2.24) is 29.6 Å². The number of aromatic nitrogens is 5. The van der Waals surface area contributed by atoms with Crippen molar-refractivity contribution in [3.05, 3.63) is 78.0 Å². The van der Waals surface area contributed by atoms with Crippen molar-refractivity contribution in [2.75, 3.05) is 55.3 Å². The molecule has 1 saturated heterocycles. The van der Waals surface area contributed by atoms with Crippen molar-refractivity contribution < 1.29 is 9.53 Å². The molecular formula is C30H37N9O2. The zero-order chi connectivity index (χ0) is 28.4. The minimum atomic E-state index is -0.145. The van der Waals surface area contributed by atoms with E-state index in [9.17, 15) is 4.79 Å². The highest BCUT2D eigenvalue weighted by atomic mass is 16.5. The molecule has 3 aromatic heterocycles. The number of pyridine rings is 1. The number of nitrogens with one attached hydrogen (secondary N) is 3. The summed E-state index contributed by atoms with van der Waals surface area (Å²) in [6, 6.07) is 11.4. The maximum Gasteiger partial charge on any atom is 0.256 e. The molecule has 5 rings (SSSR count). The Labute approximate surface area is 240 Å². The van der Waals surface area contributed by atoms with E-state index in [0.29, 0.717) is 17.1 Å². The molecular weight excluding hydrogens is 518 g/mol. The first kappa shape index (κ1) is 28.2. The van der Waals surface area contributed by atoms with Crippen LogP contribution in [0, 0.1) is 6.92 Å². The standard InChI is InChI=1S/C30H37N9O2/c1-3-4-5-23-20-31-10-8-25(23)30(40)36-24-7-6-22(2)26(18-24)37-28-9-11-35-39(28)29-19-27(33-21-34-29)32-12-13-38-14-16-41-17-15-38/h6-11,18-21,37H,3-5,12-17H2,1-2H3,(H,36,40)(H,32,33,34). The SMILES string of the molecule is CCCCc1cnccc1C(=O)Nc1ccc(C)c(Nc2ccnn2-c2cc(NCCN3CCOCC3)ncn2)c1. The lowest BCUT2D eigenvalue weighted by Gasteiger charge is -2.26. The average Bonchev–Trinajstić information content (AvgIpc) is 3.47. The van der Waals surface area contributed by atoms with Crippen molar-refractivity contribution in [3.8, 4) is 5.82 Å². The minimum Gasteiger partial charge on any atom is -0.379 e. The Morgan fingerprint density at radius 1 is 1.07 bits per heavy atom. The fourth-order valence-electron chi connectivity index (χ4n) is 4.69. The van der Waals surface area contributed by atoms with Gasteiger partial charge in [-0.2, -0.15) is 9.78 Å². The fourth-order valence-corrected chi connectivity index (χ4v) is 4.69. The fraction of sp³-hybridized carbons (Fsp3) is 0.367. The van der Waals surface area contributed by atoms with Crippen LogP contribution in [0.4, 0.5) is 23.0 Å². The van der Waals surface area contributed by atoms with Gasteiger partial charge in [-0.15, -0.1) is 0 Å². The van der Waals surface area contributed by atoms with E-state index in [2.05, 4.69) is 47.8 Å². The van der Waals surface area contributed by atoms with E-state index in [0.717, 1.165) is 87.1 Å². The van der Waals surface area contributed by atoms with Gasteiger partial charge in [-0.05, 0) is 49.1 Å². The molecule has 0 saturated carbocycles. The Balaban J connectivity index is 1.26. The molecule has 0 aliphatic carbocycles. The Morgan fingerprint density at radius 3 is 2.80 bits per heavy atom. The highest BCUT2D eigenvalue weighted by Gasteiger charge is 2.14. The second-order valence-corrected chi connectivity index (χ2v) is 10.0. The van der Waals surface area contributed by atoms with Crippen LogP contribution in [0.3, 0.4) is 0 Å². The molecule has 214 valence electrons. The molecule has 0 spiro atoms. The zero-order valence-electron chi connectivity index (χ0n) is 23.6. The van der Waals surface area contributed by atoms with E-state index in [1.54, 1.807) is 29.3 Å². The molecule has 0 radical (unpaired) electrons. The number of nitrogens with zero attached hydrogens (tertiary/aromatic N) is 6. The number of hydrogen-bond donors (Lipinski definition) is 3. The van der Waals surface area contributed by atoms with Gasteiger partial charge in [-0.3, -0.25) is 14.7 Å². The highest BCUT2D eigenvalue weighted by molar-refractivity contribution is 6.05. The average molecular weight is 556 g/mol. The Hall–Kier alpha value is -4.35. The number of ether oxygens (including phenoxy) is 1. The third-order valence-electron chi connectivity index (χ3n) is 7.06. The predicted molar refractivity (Wildman–Crippen MR) is 160 cm³/mol. The minimum absolute atomic E-state index is 0.145. The summed E-state index contributed by atoms with van der Waals surface area (Å²) < 4.78 is 7.15. The Bertz CT molecular complexity index is 1450. The number of anilines is 4. The third kappa shape index (κ3) is 7.44. The quantitative estimate of drug-likeness (QED) is 0.233. The molecule has 4 heterocycles. The van der Waals surface area contributed by atoms with Gasteiger partial charge in [0.15, 0.2) is 5.82 Å². The lowest BCUT2D eigenvalue weighted by molar-refractivity contribution is 0.0398. The van der Waals surface area contributed by atoms with Gasteiger partial charge in [0.25, 0.3) is 5.91 Å². The van der Waals surface area contributed by atoms with Crippen molar-refractivity contribution >= 4 is 28.9 Å². The Morgan fingerprint density at radius 2 is 1.95 bits per heavy atom. The van der Waals surface area contributed by atoms with Crippen molar-refractivity contribution in [2.45, 2.75) is 33.1 Å². The number of aryl methyl sites for hydroxylation is 2. The van der Waals surface area contributed by atoms with Crippen LogP contribution < -0.4 is 16.0 Å². The van der Waals surface area contributed by atoms with Crippen molar-refractivity contribution in [1.29, 1.82) is 0 Å². The summed E-state index contributed by atoms with van der Waals surface area (Å²) in [7, 11) is 0. The molecule has 11 heteroatoms. The normalized spacial score (nSPS) is 13.6. The first-order valence-electron chi connectivity index (χ1n) is 14.1. The van der Waals surface area contributed by atoms with Crippen LogP contribution in [0.2, 0.25) is 0 Å². The number of rotatable bonds is 12. The molecule has 1 aromatic carbocycles. The number of unbranched alkanes of at least 4 members (excludes halogenated alkanes) is 1. The third-order valence-corrected chi connectivity index (χ3v) is 7.06. The first-order chi connectivity index (χ1) is 20.1.